The van der Waals surface area contributed by atoms with Crippen molar-refractivity contribution in [2.75, 3.05) is 20.1 Å². The highest BCUT2D eigenvalue weighted by Crippen LogP contribution is 2.22. The van der Waals surface area contributed by atoms with Crippen LogP contribution < -0.4 is 5.32 Å². The van der Waals surface area contributed by atoms with Gasteiger partial charge in [0.15, 0.2) is 0 Å². The van der Waals surface area contributed by atoms with E-state index < -0.39 is 23.1 Å². The summed E-state index contributed by atoms with van der Waals surface area (Å²) in [5.41, 5.74) is -0.467. The van der Waals surface area contributed by atoms with Crippen molar-refractivity contribution in [3.63, 3.8) is 0 Å². The van der Waals surface area contributed by atoms with Gasteiger partial charge in [0, 0.05) is 23.6 Å². The molecule has 2 rings (SSSR count). The predicted octanol–water partition coefficient (Wildman–Crippen LogP) is 2.55. The van der Waals surface area contributed by atoms with E-state index in [1.54, 1.807) is 0 Å². The van der Waals surface area contributed by atoms with Gasteiger partial charge in [0.05, 0.1) is 0 Å². The van der Waals surface area contributed by atoms with Gasteiger partial charge in [0.25, 0.3) is 5.91 Å². The normalized spacial score (nSPS) is 16.7. The molecule has 0 atom stereocenters. The summed E-state index contributed by atoms with van der Waals surface area (Å²) in [5.74, 6) is -2.22. The minimum atomic E-state index is -0.826. The number of hydrogen-bond donors (Lipinski definition) is 1. The van der Waals surface area contributed by atoms with Crippen molar-refractivity contribution >= 4 is 21.8 Å². The van der Waals surface area contributed by atoms with Crippen LogP contribution in [0.4, 0.5) is 8.78 Å². The fourth-order valence-corrected chi connectivity index (χ4v) is 2.68. The van der Waals surface area contributed by atoms with Crippen molar-refractivity contribution in [3.8, 4) is 0 Å². The maximum absolute atomic E-state index is 13.7. The van der Waals surface area contributed by atoms with E-state index in [9.17, 15) is 13.6 Å². The summed E-state index contributed by atoms with van der Waals surface area (Å²) in [6.07, 6.45) is 1.59. The second-order valence-electron chi connectivity index (χ2n) is 4.60. The van der Waals surface area contributed by atoms with Gasteiger partial charge in [-0.15, -0.1) is 0 Å². The van der Waals surface area contributed by atoms with E-state index in [4.69, 9.17) is 0 Å². The van der Waals surface area contributed by atoms with Crippen molar-refractivity contribution < 1.29 is 13.6 Å². The highest BCUT2D eigenvalue weighted by Gasteiger charge is 2.27. The van der Waals surface area contributed by atoms with E-state index in [0.717, 1.165) is 25.0 Å². The van der Waals surface area contributed by atoms with Crippen LogP contribution in [0.3, 0.4) is 0 Å². The number of benzene rings is 1. The van der Waals surface area contributed by atoms with Gasteiger partial charge in [-0.1, -0.05) is 15.9 Å². The van der Waals surface area contributed by atoms with Gasteiger partial charge in [-0.25, -0.2) is 8.78 Å². The van der Waals surface area contributed by atoms with E-state index >= 15 is 0 Å². The lowest BCUT2D eigenvalue weighted by Gasteiger charge is -2.32. The fraction of sp³-hybridized carbons (Fsp3) is 0.462. The Hall–Kier alpha value is -1.01. The molecule has 1 N–H and O–H groups in total. The molecule has 0 aliphatic carbocycles. The van der Waals surface area contributed by atoms with Crippen molar-refractivity contribution in [1.29, 1.82) is 0 Å². The first-order valence-electron chi connectivity index (χ1n) is 6.14. The van der Waals surface area contributed by atoms with Crippen molar-refractivity contribution in [2.45, 2.75) is 18.9 Å². The number of likely N-dealkylation sites (tertiary alicyclic amines) is 1. The van der Waals surface area contributed by atoms with Crippen molar-refractivity contribution in [1.82, 2.24) is 10.2 Å². The Bertz CT molecular complexity index is 465. The number of carbonyl (C=O) groups is 1. The van der Waals surface area contributed by atoms with Crippen LogP contribution in [0.5, 0.6) is 0 Å². The van der Waals surface area contributed by atoms with Crippen molar-refractivity contribution in [2.24, 2.45) is 0 Å². The number of piperidine rings is 1. The maximum atomic E-state index is 13.7. The van der Waals surface area contributed by atoms with Gasteiger partial charge >= 0.3 is 0 Å². The molecule has 1 saturated heterocycles. The summed E-state index contributed by atoms with van der Waals surface area (Å²) in [7, 11) is 1.87. The zero-order valence-corrected chi connectivity index (χ0v) is 12.1. The molecule has 1 aromatic carbocycles. The molecule has 1 amide bonds. The molecule has 104 valence electrons. The lowest BCUT2D eigenvalue weighted by molar-refractivity contribution is 0.0697. The lowest BCUT2D eigenvalue weighted by Crippen LogP contribution is -2.44. The number of amides is 1. The predicted molar refractivity (Wildman–Crippen MR) is 72.0 cm³/mol. The highest BCUT2D eigenvalue weighted by molar-refractivity contribution is 9.10. The van der Waals surface area contributed by atoms with E-state index in [1.165, 1.54) is 4.90 Å². The Morgan fingerprint density at radius 3 is 2.32 bits per heavy atom. The Balaban J connectivity index is 2.17. The summed E-state index contributed by atoms with van der Waals surface area (Å²) >= 11 is 3.00. The Morgan fingerprint density at radius 2 is 1.84 bits per heavy atom. The van der Waals surface area contributed by atoms with Gasteiger partial charge in [-0.05, 0) is 32.0 Å². The number of hydrogen-bond acceptors (Lipinski definition) is 2. The molecule has 0 aromatic heterocycles. The van der Waals surface area contributed by atoms with E-state index in [-0.39, 0.29) is 4.47 Å². The van der Waals surface area contributed by atoms with E-state index in [2.05, 4.69) is 21.2 Å². The smallest absolute Gasteiger partial charge is 0.259 e. The van der Waals surface area contributed by atoms with Crippen LogP contribution in [0.25, 0.3) is 0 Å². The van der Waals surface area contributed by atoms with Gasteiger partial charge in [0.1, 0.15) is 17.2 Å². The van der Waals surface area contributed by atoms with E-state index in [0.29, 0.717) is 19.1 Å². The molecule has 3 nitrogen and oxygen atoms in total. The average Bonchev–Trinajstić information content (AvgIpc) is 2.37. The molecule has 0 radical (unpaired) electrons. The van der Waals surface area contributed by atoms with Gasteiger partial charge in [0.2, 0.25) is 0 Å². The third-order valence-electron chi connectivity index (χ3n) is 3.41. The molecule has 1 fully saturated rings. The molecule has 0 bridgehead atoms. The summed E-state index contributed by atoms with van der Waals surface area (Å²) in [4.78, 5) is 13.7. The number of halogens is 3. The second-order valence-corrected chi connectivity index (χ2v) is 5.52. The molecule has 1 aliphatic rings. The molecule has 19 heavy (non-hydrogen) atoms. The first-order valence-corrected chi connectivity index (χ1v) is 6.93. The zero-order valence-electron chi connectivity index (χ0n) is 10.5. The quantitative estimate of drug-likeness (QED) is 0.902. The number of rotatable bonds is 2. The number of nitrogens with one attached hydrogen (secondary N) is 1. The summed E-state index contributed by atoms with van der Waals surface area (Å²) < 4.78 is 27.7. The van der Waals surface area contributed by atoms with Crippen LogP contribution in [0, 0.1) is 11.6 Å². The van der Waals surface area contributed by atoms with Crippen LogP contribution in [0.15, 0.2) is 16.6 Å². The van der Waals surface area contributed by atoms with E-state index in [1.807, 2.05) is 7.05 Å². The lowest BCUT2D eigenvalue weighted by atomic mass is 10.0. The molecule has 0 saturated carbocycles. The summed E-state index contributed by atoms with van der Waals surface area (Å²) in [5, 5.41) is 3.14. The van der Waals surface area contributed by atoms with Crippen LogP contribution in [0.1, 0.15) is 23.2 Å². The minimum Gasteiger partial charge on any atom is -0.338 e. The third kappa shape index (κ3) is 3.12. The Labute approximate surface area is 119 Å². The van der Waals surface area contributed by atoms with Crippen LogP contribution in [0.2, 0.25) is 0 Å². The molecule has 1 aliphatic heterocycles. The summed E-state index contributed by atoms with van der Waals surface area (Å²) in [6.45, 7) is 1.03. The molecular weight excluding hydrogens is 318 g/mol. The Morgan fingerprint density at radius 1 is 1.32 bits per heavy atom. The largest absolute Gasteiger partial charge is 0.338 e. The number of carbonyl (C=O) groups excluding carboxylic acids is 1. The topological polar surface area (TPSA) is 32.3 Å². The molecule has 6 heteroatoms. The van der Waals surface area contributed by atoms with Crippen LogP contribution >= 0.6 is 15.9 Å². The standard InChI is InChI=1S/C13H15BrF2N2O/c1-17-9-2-4-18(5-3-9)13(19)12-10(15)6-8(14)7-11(12)16/h6-7,9,17H,2-5H2,1H3. The van der Waals surface area contributed by atoms with Gasteiger partial charge < -0.3 is 10.2 Å². The second kappa shape index (κ2) is 5.96. The fourth-order valence-electron chi connectivity index (χ4n) is 2.28. The maximum Gasteiger partial charge on any atom is 0.259 e. The van der Waals surface area contributed by atoms with Gasteiger partial charge in [-0.2, -0.15) is 0 Å². The molecule has 0 spiro atoms. The first kappa shape index (κ1) is 14.4. The van der Waals surface area contributed by atoms with Crippen LogP contribution in [-0.2, 0) is 0 Å². The average molecular weight is 333 g/mol. The third-order valence-corrected chi connectivity index (χ3v) is 3.87. The zero-order chi connectivity index (χ0) is 14.0. The molecular formula is C13H15BrF2N2O. The van der Waals surface area contributed by atoms with Gasteiger partial charge in [-0.3, -0.25) is 4.79 Å². The highest BCUT2D eigenvalue weighted by atomic mass is 79.9. The SMILES string of the molecule is CNC1CCN(C(=O)c2c(F)cc(Br)cc2F)CC1. The molecule has 0 unspecified atom stereocenters. The Kier molecular flexibility index (Phi) is 4.52. The number of nitrogens with zero attached hydrogens (tertiary/aromatic N) is 1. The summed E-state index contributed by atoms with van der Waals surface area (Å²) in [6, 6.07) is 2.58. The molecule has 1 heterocycles. The molecule has 1 aromatic rings. The monoisotopic (exact) mass is 332 g/mol. The van der Waals surface area contributed by atoms with Crippen molar-refractivity contribution in [3.05, 3.63) is 33.8 Å². The minimum absolute atomic E-state index is 0.285. The first-order chi connectivity index (χ1) is 9.02. The van der Waals surface area contributed by atoms with Crippen LogP contribution in [-0.4, -0.2) is 37.0 Å².